The van der Waals surface area contributed by atoms with E-state index in [0.29, 0.717) is 22.7 Å². The van der Waals surface area contributed by atoms with Crippen LogP contribution in [0.25, 0.3) is 22.6 Å². The molecule has 146 valence electrons. The molecule has 2 aromatic heterocycles. The third kappa shape index (κ3) is 3.55. The zero-order chi connectivity index (χ0) is 20.4. The summed E-state index contributed by atoms with van der Waals surface area (Å²) in [6, 6.07) is 11.7. The van der Waals surface area contributed by atoms with Crippen molar-refractivity contribution in [2.45, 2.75) is 0 Å². The first-order chi connectivity index (χ1) is 14.1. The lowest BCUT2D eigenvalue weighted by Crippen LogP contribution is -2.12. The van der Waals surface area contributed by atoms with Crippen LogP contribution in [-0.4, -0.2) is 35.2 Å². The summed E-state index contributed by atoms with van der Waals surface area (Å²) in [4.78, 5) is 21.0. The number of fused-ring (bicyclic) bond motifs is 1. The summed E-state index contributed by atoms with van der Waals surface area (Å²) >= 11 is 0. The number of benzene rings is 2. The van der Waals surface area contributed by atoms with Crippen LogP contribution in [0.3, 0.4) is 0 Å². The molecule has 0 saturated carbocycles. The van der Waals surface area contributed by atoms with Gasteiger partial charge in [-0.25, -0.2) is 4.98 Å². The molecule has 2 N–H and O–H groups in total. The minimum atomic E-state index is -0.373. The predicted molar refractivity (Wildman–Crippen MR) is 106 cm³/mol. The Kier molecular flexibility index (Phi) is 4.74. The molecule has 0 bridgehead atoms. The lowest BCUT2D eigenvalue weighted by molar-refractivity contribution is 0.102. The first-order valence-electron chi connectivity index (χ1n) is 8.66. The number of ether oxygens (including phenoxy) is 2. The normalized spacial score (nSPS) is 10.7. The van der Waals surface area contributed by atoms with E-state index in [0.717, 1.165) is 5.56 Å². The van der Waals surface area contributed by atoms with E-state index in [-0.39, 0.29) is 28.7 Å². The molecule has 0 unspecified atom stereocenters. The molecule has 2 aromatic carbocycles. The van der Waals surface area contributed by atoms with E-state index in [1.165, 1.54) is 26.4 Å². The third-order valence-electron chi connectivity index (χ3n) is 4.32. The van der Waals surface area contributed by atoms with Gasteiger partial charge in [0.2, 0.25) is 11.6 Å². The maximum absolute atomic E-state index is 12.6. The number of methoxy groups -OCH3 is 2. The summed E-state index contributed by atoms with van der Waals surface area (Å²) in [7, 11) is 2.80. The number of carbonyl (C=O) groups is 1. The molecular weight excluding hydrogens is 374 g/mol. The highest BCUT2D eigenvalue weighted by molar-refractivity contribution is 6.05. The van der Waals surface area contributed by atoms with Gasteiger partial charge >= 0.3 is 0 Å². The van der Waals surface area contributed by atoms with Gasteiger partial charge in [-0.3, -0.25) is 9.78 Å². The number of phenols is 1. The largest absolute Gasteiger partial charge is 0.502 e. The van der Waals surface area contributed by atoms with Crippen LogP contribution in [0.15, 0.2) is 59.3 Å². The summed E-state index contributed by atoms with van der Waals surface area (Å²) in [6.07, 6.45) is 3.28. The summed E-state index contributed by atoms with van der Waals surface area (Å²) in [6.45, 7) is 0. The number of phenolic OH excluding ortho intramolecular Hbond substituents is 1. The Morgan fingerprint density at radius 1 is 1.07 bits per heavy atom. The molecule has 8 nitrogen and oxygen atoms in total. The number of anilines is 1. The summed E-state index contributed by atoms with van der Waals surface area (Å²) in [5, 5.41) is 12.8. The Labute approximate surface area is 165 Å². The highest BCUT2D eigenvalue weighted by Gasteiger charge is 2.16. The van der Waals surface area contributed by atoms with Gasteiger partial charge in [0.25, 0.3) is 5.91 Å². The summed E-state index contributed by atoms with van der Waals surface area (Å²) in [5.74, 6) is 0.233. The Bertz CT molecular complexity index is 1130. The zero-order valence-corrected chi connectivity index (χ0v) is 15.7. The number of nitrogens with zero attached hydrogens (tertiary/aromatic N) is 2. The molecule has 8 heteroatoms. The molecule has 0 aliphatic heterocycles. The first kappa shape index (κ1) is 18.3. The number of hydrogen-bond acceptors (Lipinski definition) is 7. The number of carbonyl (C=O) groups excluding carboxylic acids is 1. The predicted octanol–water partition coefficient (Wildman–Crippen LogP) is 3.86. The Morgan fingerprint density at radius 2 is 1.76 bits per heavy atom. The van der Waals surface area contributed by atoms with Crippen molar-refractivity contribution in [1.82, 2.24) is 9.97 Å². The van der Waals surface area contributed by atoms with Crippen LogP contribution in [0, 0.1) is 0 Å². The van der Waals surface area contributed by atoms with Gasteiger partial charge < -0.3 is 24.3 Å². The van der Waals surface area contributed by atoms with Crippen molar-refractivity contribution >= 4 is 22.7 Å². The molecule has 4 rings (SSSR count). The smallest absolute Gasteiger partial charge is 0.255 e. The molecule has 0 atom stereocenters. The second-order valence-electron chi connectivity index (χ2n) is 6.12. The van der Waals surface area contributed by atoms with E-state index < -0.39 is 0 Å². The number of pyridine rings is 1. The molecule has 0 fully saturated rings. The summed E-state index contributed by atoms with van der Waals surface area (Å²) < 4.78 is 15.9. The quantitative estimate of drug-likeness (QED) is 0.532. The zero-order valence-electron chi connectivity index (χ0n) is 15.7. The lowest BCUT2D eigenvalue weighted by Gasteiger charge is -2.11. The van der Waals surface area contributed by atoms with Crippen LogP contribution >= 0.6 is 0 Å². The standard InChI is InChI=1S/C21H17N3O5/c1-27-17-9-13(10-18(28-2)19(17)25)20(26)23-14-5-3-12(4-6-14)21-24-15-11-22-8-7-16(15)29-21/h3-11,25H,1-2H3,(H,23,26). The van der Waals surface area contributed by atoms with Crippen LogP contribution < -0.4 is 14.8 Å². The van der Waals surface area contributed by atoms with Crippen LogP contribution in [0.4, 0.5) is 5.69 Å². The van der Waals surface area contributed by atoms with Gasteiger partial charge in [-0.15, -0.1) is 0 Å². The van der Waals surface area contributed by atoms with Gasteiger partial charge in [-0.2, -0.15) is 0 Å². The SMILES string of the molecule is COc1cc(C(=O)Nc2ccc(-c3nc4cnccc4o3)cc2)cc(OC)c1O. The Hall–Kier alpha value is -4.07. The van der Waals surface area contributed by atoms with E-state index in [9.17, 15) is 9.90 Å². The fraction of sp³-hybridized carbons (Fsp3) is 0.0952. The van der Waals surface area contributed by atoms with Gasteiger partial charge in [-0.1, -0.05) is 0 Å². The molecular formula is C21H17N3O5. The molecule has 0 radical (unpaired) electrons. The first-order valence-corrected chi connectivity index (χ1v) is 8.66. The highest BCUT2D eigenvalue weighted by Crippen LogP contribution is 2.37. The molecule has 2 heterocycles. The van der Waals surface area contributed by atoms with E-state index in [4.69, 9.17) is 13.9 Å². The van der Waals surface area contributed by atoms with E-state index in [1.807, 2.05) is 0 Å². The third-order valence-corrected chi connectivity index (χ3v) is 4.32. The van der Waals surface area contributed by atoms with Crippen molar-refractivity contribution in [1.29, 1.82) is 0 Å². The van der Waals surface area contributed by atoms with Crippen LogP contribution in [0.1, 0.15) is 10.4 Å². The molecule has 0 aliphatic carbocycles. The van der Waals surface area contributed by atoms with Crippen molar-refractivity contribution in [2.75, 3.05) is 19.5 Å². The Morgan fingerprint density at radius 3 is 2.38 bits per heavy atom. The van der Waals surface area contributed by atoms with E-state index in [2.05, 4.69) is 15.3 Å². The second kappa shape index (κ2) is 7.51. The van der Waals surface area contributed by atoms with Gasteiger partial charge in [-0.05, 0) is 36.4 Å². The van der Waals surface area contributed by atoms with Crippen LogP contribution in [-0.2, 0) is 0 Å². The second-order valence-corrected chi connectivity index (χ2v) is 6.12. The minimum Gasteiger partial charge on any atom is -0.502 e. The van der Waals surface area contributed by atoms with Crippen molar-refractivity contribution < 1.29 is 23.8 Å². The van der Waals surface area contributed by atoms with Crippen molar-refractivity contribution in [3.05, 3.63) is 60.4 Å². The molecule has 4 aromatic rings. The Balaban J connectivity index is 1.55. The van der Waals surface area contributed by atoms with Crippen molar-refractivity contribution in [3.63, 3.8) is 0 Å². The average molecular weight is 391 g/mol. The number of amides is 1. The lowest BCUT2D eigenvalue weighted by atomic mass is 10.1. The van der Waals surface area contributed by atoms with Gasteiger partial charge in [0.05, 0.1) is 20.4 Å². The molecule has 0 aliphatic rings. The average Bonchev–Trinajstić information content (AvgIpc) is 3.18. The molecule has 0 saturated heterocycles. The number of oxazole rings is 1. The maximum atomic E-state index is 12.6. The maximum Gasteiger partial charge on any atom is 0.255 e. The monoisotopic (exact) mass is 391 g/mol. The van der Waals surface area contributed by atoms with Crippen LogP contribution in [0.5, 0.6) is 17.2 Å². The number of aromatic hydroxyl groups is 1. The molecule has 1 amide bonds. The number of nitrogens with one attached hydrogen (secondary N) is 1. The van der Waals surface area contributed by atoms with Gasteiger partial charge in [0.1, 0.15) is 5.52 Å². The van der Waals surface area contributed by atoms with E-state index in [1.54, 1.807) is 42.7 Å². The number of aromatic nitrogens is 2. The highest BCUT2D eigenvalue weighted by atomic mass is 16.5. The fourth-order valence-electron chi connectivity index (χ4n) is 2.83. The number of rotatable bonds is 5. The molecule has 29 heavy (non-hydrogen) atoms. The fourth-order valence-corrected chi connectivity index (χ4v) is 2.83. The van der Waals surface area contributed by atoms with Gasteiger partial charge in [0, 0.05) is 29.1 Å². The van der Waals surface area contributed by atoms with E-state index >= 15 is 0 Å². The van der Waals surface area contributed by atoms with Gasteiger partial charge in [0.15, 0.2) is 17.1 Å². The topological polar surface area (TPSA) is 107 Å². The molecule has 0 spiro atoms. The van der Waals surface area contributed by atoms with Crippen molar-refractivity contribution in [2.24, 2.45) is 0 Å². The summed E-state index contributed by atoms with van der Waals surface area (Å²) in [5.41, 5.74) is 2.97. The van der Waals surface area contributed by atoms with Crippen molar-refractivity contribution in [3.8, 4) is 28.7 Å². The van der Waals surface area contributed by atoms with Crippen LogP contribution in [0.2, 0.25) is 0 Å². The number of hydrogen-bond donors (Lipinski definition) is 2. The minimum absolute atomic E-state index is 0.148.